The number of rotatable bonds is 9. The molecule has 0 spiro atoms. The van der Waals surface area contributed by atoms with Crippen molar-refractivity contribution in [2.75, 3.05) is 14.2 Å². The Balaban J connectivity index is 1.54. The zero-order valence-corrected chi connectivity index (χ0v) is 19.4. The number of pyridine rings is 1. The van der Waals surface area contributed by atoms with Crippen molar-refractivity contribution < 1.29 is 14.3 Å². The van der Waals surface area contributed by atoms with Crippen molar-refractivity contribution in [2.24, 2.45) is 0 Å². The lowest BCUT2D eigenvalue weighted by Crippen LogP contribution is -2.31. The summed E-state index contributed by atoms with van der Waals surface area (Å²) in [7, 11) is 3.21. The van der Waals surface area contributed by atoms with E-state index >= 15 is 0 Å². The van der Waals surface area contributed by atoms with Gasteiger partial charge in [-0.25, -0.2) is 4.98 Å². The van der Waals surface area contributed by atoms with Crippen molar-refractivity contribution in [2.45, 2.75) is 19.5 Å². The molecule has 0 aliphatic rings. The molecule has 6 nitrogen and oxygen atoms in total. The second kappa shape index (κ2) is 10.7. The van der Waals surface area contributed by atoms with Gasteiger partial charge in [0.1, 0.15) is 5.01 Å². The van der Waals surface area contributed by atoms with Crippen LogP contribution in [0.15, 0.2) is 78.4 Å². The minimum atomic E-state index is -0.00134. The number of methoxy groups -OCH3 is 2. The van der Waals surface area contributed by atoms with Crippen LogP contribution in [0.5, 0.6) is 11.5 Å². The smallest absolute Gasteiger partial charge is 0.229 e. The van der Waals surface area contributed by atoms with E-state index in [0.29, 0.717) is 24.6 Å². The summed E-state index contributed by atoms with van der Waals surface area (Å²) in [5.41, 5.74) is 3.74. The number of ether oxygens (including phenoxy) is 2. The highest BCUT2D eigenvalue weighted by Gasteiger charge is 2.18. The molecule has 1 amide bonds. The second-order valence-corrected chi connectivity index (χ2v) is 8.35. The average molecular weight is 460 g/mol. The molecule has 0 aliphatic carbocycles. The Labute approximate surface area is 197 Å². The van der Waals surface area contributed by atoms with Gasteiger partial charge in [0.15, 0.2) is 11.5 Å². The van der Waals surface area contributed by atoms with E-state index in [4.69, 9.17) is 9.47 Å². The van der Waals surface area contributed by atoms with Gasteiger partial charge >= 0.3 is 0 Å². The number of hydrogen-bond acceptors (Lipinski definition) is 6. The Bertz CT molecular complexity index is 1200. The molecule has 2 heterocycles. The van der Waals surface area contributed by atoms with Gasteiger partial charge in [-0.05, 0) is 29.3 Å². The van der Waals surface area contributed by atoms with Gasteiger partial charge in [0.25, 0.3) is 0 Å². The minimum Gasteiger partial charge on any atom is -0.493 e. The number of hydrogen-bond donors (Lipinski definition) is 0. The summed E-state index contributed by atoms with van der Waals surface area (Å²) in [5.74, 6) is 1.29. The average Bonchev–Trinajstić information content (AvgIpc) is 3.33. The molecule has 0 saturated carbocycles. The van der Waals surface area contributed by atoms with Gasteiger partial charge in [-0.1, -0.05) is 42.5 Å². The maximum atomic E-state index is 13.4. The summed E-state index contributed by atoms with van der Waals surface area (Å²) in [4.78, 5) is 24.1. The third kappa shape index (κ3) is 5.75. The molecule has 4 rings (SSSR count). The molecule has 2 aromatic carbocycles. The van der Waals surface area contributed by atoms with Crippen LogP contribution >= 0.6 is 11.3 Å². The van der Waals surface area contributed by atoms with Gasteiger partial charge in [0.2, 0.25) is 5.91 Å². The summed E-state index contributed by atoms with van der Waals surface area (Å²) < 4.78 is 10.8. The third-order valence-electron chi connectivity index (χ3n) is 5.18. The first kappa shape index (κ1) is 22.5. The summed E-state index contributed by atoms with van der Waals surface area (Å²) in [6.45, 7) is 0.889. The van der Waals surface area contributed by atoms with Gasteiger partial charge in [0, 0.05) is 36.4 Å². The molecule has 7 heteroatoms. The number of amides is 1. The summed E-state index contributed by atoms with van der Waals surface area (Å²) in [5, 5.41) is 2.87. The lowest BCUT2D eigenvalue weighted by Gasteiger charge is -2.23. The SMILES string of the molecule is COc1ccc(CN(Cc2cccnc2)C(=O)Cc2csc(-c3ccccc3)n2)cc1OC. The van der Waals surface area contributed by atoms with Crippen LogP contribution in [0.2, 0.25) is 0 Å². The van der Waals surface area contributed by atoms with Crippen LogP contribution in [0.1, 0.15) is 16.8 Å². The Morgan fingerprint density at radius 1 is 0.939 bits per heavy atom. The maximum Gasteiger partial charge on any atom is 0.229 e. The Kier molecular flexibility index (Phi) is 7.32. The van der Waals surface area contributed by atoms with Gasteiger partial charge < -0.3 is 14.4 Å². The zero-order chi connectivity index (χ0) is 23.0. The molecule has 0 fully saturated rings. The predicted octanol–water partition coefficient (Wildman–Crippen LogP) is 4.99. The predicted molar refractivity (Wildman–Crippen MR) is 129 cm³/mol. The van der Waals surface area contributed by atoms with E-state index in [2.05, 4.69) is 9.97 Å². The van der Waals surface area contributed by atoms with Crippen molar-refractivity contribution in [1.82, 2.24) is 14.9 Å². The van der Waals surface area contributed by atoms with Crippen molar-refractivity contribution in [1.29, 1.82) is 0 Å². The van der Waals surface area contributed by atoms with Crippen LogP contribution in [0.4, 0.5) is 0 Å². The van der Waals surface area contributed by atoms with Gasteiger partial charge in [-0.2, -0.15) is 0 Å². The van der Waals surface area contributed by atoms with Gasteiger partial charge in [-0.3, -0.25) is 9.78 Å². The van der Waals surface area contributed by atoms with Crippen LogP contribution in [-0.2, 0) is 24.3 Å². The van der Waals surface area contributed by atoms with E-state index < -0.39 is 0 Å². The van der Waals surface area contributed by atoms with Crippen LogP contribution in [0, 0.1) is 0 Å². The maximum absolute atomic E-state index is 13.4. The molecule has 0 unspecified atom stereocenters. The number of nitrogens with zero attached hydrogens (tertiary/aromatic N) is 3. The second-order valence-electron chi connectivity index (χ2n) is 7.49. The molecular formula is C26H25N3O3S. The van der Waals surface area contributed by atoms with Crippen molar-refractivity contribution in [3.05, 3.63) is 95.3 Å². The molecule has 0 saturated heterocycles. The summed E-state index contributed by atoms with van der Waals surface area (Å²) in [6, 6.07) is 19.5. The van der Waals surface area contributed by atoms with E-state index in [1.807, 2.05) is 70.9 Å². The first-order valence-corrected chi connectivity index (χ1v) is 11.4. The molecule has 0 aliphatic heterocycles. The third-order valence-corrected chi connectivity index (χ3v) is 6.12. The van der Waals surface area contributed by atoms with Crippen LogP contribution in [-0.4, -0.2) is 35.0 Å². The molecule has 2 aromatic heterocycles. The van der Waals surface area contributed by atoms with Crippen LogP contribution in [0.25, 0.3) is 10.6 Å². The van der Waals surface area contributed by atoms with E-state index in [9.17, 15) is 4.79 Å². The van der Waals surface area contributed by atoms with E-state index in [0.717, 1.165) is 27.4 Å². The molecule has 0 radical (unpaired) electrons. The van der Waals surface area contributed by atoms with Crippen molar-refractivity contribution in [3.8, 4) is 22.1 Å². The Morgan fingerprint density at radius 2 is 1.73 bits per heavy atom. The molecule has 0 atom stereocenters. The standard InChI is InChI=1S/C26H25N3O3S/c1-31-23-11-10-19(13-24(23)32-2)16-29(17-20-7-6-12-27-15-20)25(30)14-22-18-33-26(28-22)21-8-4-3-5-9-21/h3-13,15,18H,14,16-17H2,1-2H3. The molecule has 168 valence electrons. The number of aromatic nitrogens is 2. The first-order chi connectivity index (χ1) is 16.2. The fraction of sp³-hybridized carbons (Fsp3) is 0.192. The summed E-state index contributed by atoms with van der Waals surface area (Å²) >= 11 is 1.55. The fourth-order valence-corrected chi connectivity index (χ4v) is 4.34. The Morgan fingerprint density at radius 3 is 2.45 bits per heavy atom. The lowest BCUT2D eigenvalue weighted by atomic mass is 10.1. The highest BCUT2D eigenvalue weighted by Crippen LogP contribution is 2.29. The van der Waals surface area contributed by atoms with Gasteiger partial charge in [0.05, 0.1) is 26.3 Å². The van der Waals surface area contributed by atoms with Crippen LogP contribution in [0.3, 0.4) is 0 Å². The Hall–Kier alpha value is -3.71. The molecule has 0 bridgehead atoms. The number of carbonyl (C=O) groups is 1. The quantitative estimate of drug-likeness (QED) is 0.353. The van der Waals surface area contributed by atoms with E-state index in [-0.39, 0.29) is 12.3 Å². The van der Waals surface area contributed by atoms with E-state index in [1.54, 1.807) is 38.0 Å². The number of thiazole rings is 1. The molecule has 33 heavy (non-hydrogen) atoms. The molecule has 0 N–H and O–H groups in total. The number of benzene rings is 2. The monoisotopic (exact) mass is 459 g/mol. The van der Waals surface area contributed by atoms with Crippen molar-refractivity contribution >= 4 is 17.2 Å². The van der Waals surface area contributed by atoms with E-state index in [1.165, 1.54) is 0 Å². The topological polar surface area (TPSA) is 64.5 Å². The van der Waals surface area contributed by atoms with Crippen LogP contribution < -0.4 is 9.47 Å². The van der Waals surface area contributed by atoms with Crippen molar-refractivity contribution in [3.63, 3.8) is 0 Å². The zero-order valence-electron chi connectivity index (χ0n) is 18.6. The normalized spacial score (nSPS) is 10.6. The molecule has 4 aromatic rings. The molecular weight excluding hydrogens is 434 g/mol. The lowest BCUT2D eigenvalue weighted by molar-refractivity contribution is -0.131. The number of carbonyl (C=O) groups excluding carboxylic acids is 1. The highest BCUT2D eigenvalue weighted by molar-refractivity contribution is 7.13. The highest BCUT2D eigenvalue weighted by atomic mass is 32.1. The fourth-order valence-electron chi connectivity index (χ4n) is 3.51. The first-order valence-electron chi connectivity index (χ1n) is 10.5. The summed E-state index contributed by atoms with van der Waals surface area (Å²) in [6.07, 6.45) is 3.74. The van der Waals surface area contributed by atoms with Gasteiger partial charge in [-0.15, -0.1) is 11.3 Å². The minimum absolute atomic E-state index is 0.00134. The largest absolute Gasteiger partial charge is 0.493 e.